The van der Waals surface area contributed by atoms with Crippen molar-refractivity contribution in [2.75, 3.05) is 13.7 Å². The third-order valence-electron chi connectivity index (χ3n) is 2.86. The summed E-state index contributed by atoms with van der Waals surface area (Å²) in [5.74, 6) is -0.0747. The van der Waals surface area contributed by atoms with Gasteiger partial charge in [-0.3, -0.25) is 4.79 Å². The Morgan fingerprint density at radius 3 is 2.68 bits per heavy atom. The lowest BCUT2D eigenvalue weighted by molar-refractivity contribution is 0.0905. The van der Waals surface area contributed by atoms with Gasteiger partial charge in [-0.2, -0.15) is 0 Å². The Kier molecular flexibility index (Phi) is 4.56. The Morgan fingerprint density at radius 2 is 1.95 bits per heavy atom. The fourth-order valence-corrected chi connectivity index (χ4v) is 2.34. The van der Waals surface area contributed by atoms with Gasteiger partial charge in [0.1, 0.15) is 0 Å². The number of rotatable bonds is 4. The second-order valence-electron chi connectivity index (χ2n) is 4.54. The van der Waals surface area contributed by atoms with Crippen LogP contribution in [0.25, 0.3) is 10.8 Å². The number of nitrogens with one attached hydrogen (secondary N) is 1. The summed E-state index contributed by atoms with van der Waals surface area (Å²) in [6.45, 7) is 2.42. The van der Waals surface area contributed by atoms with Crippen LogP contribution in [0.5, 0.6) is 0 Å². The summed E-state index contributed by atoms with van der Waals surface area (Å²) in [5, 5.41) is 5.06. The summed E-state index contributed by atoms with van der Waals surface area (Å²) in [7, 11) is 1.62. The minimum Gasteiger partial charge on any atom is -0.383 e. The summed E-state index contributed by atoms with van der Waals surface area (Å²) >= 11 is 3.44. The highest BCUT2D eigenvalue weighted by atomic mass is 79.9. The standard InChI is InChI=1S/C15H16BrNO2/c1-10(9-19-2)17-15(18)13-4-3-12-8-14(16)6-5-11(12)7-13/h3-8,10H,9H2,1-2H3,(H,17,18). The minimum atomic E-state index is -0.0747. The molecule has 19 heavy (non-hydrogen) atoms. The van der Waals surface area contributed by atoms with Gasteiger partial charge in [-0.15, -0.1) is 0 Å². The molecule has 1 N–H and O–H groups in total. The van der Waals surface area contributed by atoms with Gasteiger partial charge in [0.05, 0.1) is 6.61 Å². The van der Waals surface area contributed by atoms with E-state index >= 15 is 0 Å². The Morgan fingerprint density at radius 1 is 1.26 bits per heavy atom. The van der Waals surface area contributed by atoms with E-state index in [-0.39, 0.29) is 11.9 Å². The SMILES string of the molecule is COCC(C)NC(=O)c1ccc2cc(Br)ccc2c1. The van der Waals surface area contributed by atoms with Crippen LogP contribution in [0.1, 0.15) is 17.3 Å². The van der Waals surface area contributed by atoms with Gasteiger partial charge in [0.25, 0.3) is 5.91 Å². The molecular weight excluding hydrogens is 306 g/mol. The number of carbonyl (C=O) groups is 1. The normalized spacial score (nSPS) is 12.4. The summed E-state index contributed by atoms with van der Waals surface area (Å²) in [6.07, 6.45) is 0. The van der Waals surface area contributed by atoms with Crippen LogP contribution in [0.4, 0.5) is 0 Å². The van der Waals surface area contributed by atoms with Gasteiger partial charge < -0.3 is 10.1 Å². The van der Waals surface area contributed by atoms with Crippen molar-refractivity contribution in [1.82, 2.24) is 5.32 Å². The second-order valence-corrected chi connectivity index (χ2v) is 5.45. The summed E-state index contributed by atoms with van der Waals surface area (Å²) in [5.41, 5.74) is 0.665. The number of methoxy groups -OCH3 is 1. The predicted molar refractivity (Wildman–Crippen MR) is 80.5 cm³/mol. The summed E-state index contributed by atoms with van der Waals surface area (Å²) in [4.78, 5) is 12.1. The zero-order valence-electron chi connectivity index (χ0n) is 10.9. The number of hydrogen-bond acceptors (Lipinski definition) is 2. The molecule has 0 radical (unpaired) electrons. The summed E-state index contributed by atoms with van der Waals surface area (Å²) < 4.78 is 6.04. The third-order valence-corrected chi connectivity index (χ3v) is 3.35. The van der Waals surface area contributed by atoms with E-state index in [2.05, 4.69) is 21.2 Å². The van der Waals surface area contributed by atoms with Crippen LogP contribution in [-0.4, -0.2) is 25.7 Å². The lowest BCUT2D eigenvalue weighted by atomic mass is 10.1. The highest BCUT2D eigenvalue weighted by molar-refractivity contribution is 9.10. The van der Waals surface area contributed by atoms with Crippen LogP contribution in [0.3, 0.4) is 0 Å². The van der Waals surface area contributed by atoms with Gasteiger partial charge in [0.2, 0.25) is 0 Å². The smallest absolute Gasteiger partial charge is 0.251 e. The maximum absolute atomic E-state index is 12.1. The summed E-state index contributed by atoms with van der Waals surface area (Å²) in [6, 6.07) is 11.7. The molecule has 2 aromatic rings. The molecule has 0 aliphatic heterocycles. The molecule has 0 aromatic heterocycles. The van der Waals surface area contributed by atoms with Gasteiger partial charge in [-0.1, -0.05) is 28.1 Å². The largest absolute Gasteiger partial charge is 0.383 e. The molecule has 0 heterocycles. The molecule has 1 atom stereocenters. The van der Waals surface area contributed by atoms with Crippen LogP contribution < -0.4 is 5.32 Å². The average Bonchev–Trinajstić information content (AvgIpc) is 2.38. The van der Waals surface area contributed by atoms with E-state index in [9.17, 15) is 4.79 Å². The van der Waals surface area contributed by atoms with Crippen LogP contribution in [0, 0.1) is 0 Å². The number of fused-ring (bicyclic) bond motifs is 1. The first kappa shape index (κ1) is 14.0. The van der Waals surface area contributed by atoms with E-state index in [0.717, 1.165) is 15.2 Å². The van der Waals surface area contributed by atoms with Crippen LogP contribution in [-0.2, 0) is 4.74 Å². The maximum atomic E-state index is 12.1. The Bertz CT molecular complexity index is 598. The molecule has 2 rings (SSSR count). The zero-order chi connectivity index (χ0) is 13.8. The lowest BCUT2D eigenvalue weighted by Gasteiger charge is -2.13. The molecule has 100 valence electrons. The van der Waals surface area contributed by atoms with Gasteiger partial charge in [-0.05, 0) is 42.0 Å². The molecule has 0 bridgehead atoms. The molecule has 0 spiro atoms. The van der Waals surface area contributed by atoms with Crippen molar-refractivity contribution in [2.45, 2.75) is 13.0 Å². The predicted octanol–water partition coefficient (Wildman–Crippen LogP) is 3.37. The Balaban J connectivity index is 2.21. The molecule has 0 aliphatic carbocycles. The molecule has 3 nitrogen and oxygen atoms in total. The van der Waals surface area contributed by atoms with E-state index in [1.165, 1.54) is 0 Å². The first-order chi connectivity index (χ1) is 9.10. The molecule has 1 amide bonds. The fourth-order valence-electron chi connectivity index (χ4n) is 1.96. The first-order valence-corrected chi connectivity index (χ1v) is 6.88. The van der Waals surface area contributed by atoms with Crippen molar-refractivity contribution >= 4 is 32.6 Å². The Hall–Kier alpha value is -1.39. The number of hydrogen-bond donors (Lipinski definition) is 1. The van der Waals surface area contributed by atoms with Crippen LogP contribution in [0.2, 0.25) is 0 Å². The van der Waals surface area contributed by atoms with Crippen molar-refractivity contribution in [3.05, 3.63) is 46.4 Å². The molecular formula is C15H16BrNO2. The van der Waals surface area contributed by atoms with Gasteiger partial charge in [-0.25, -0.2) is 0 Å². The van der Waals surface area contributed by atoms with Gasteiger partial charge in [0, 0.05) is 23.2 Å². The van der Waals surface area contributed by atoms with E-state index < -0.39 is 0 Å². The number of benzene rings is 2. The van der Waals surface area contributed by atoms with Crippen molar-refractivity contribution in [1.29, 1.82) is 0 Å². The molecule has 4 heteroatoms. The highest BCUT2D eigenvalue weighted by Crippen LogP contribution is 2.21. The van der Waals surface area contributed by atoms with E-state index in [1.54, 1.807) is 7.11 Å². The quantitative estimate of drug-likeness (QED) is 0.937. The highest BCUT2D eigenvalue weighted by Gasteiger charge is 2.10. The Labute approximate surface area is 121 Å². The molecule has 0 saturated heterocycles. The monoisotopic (exact) mass is 321 g/mol. The number of carbonyl (C=O) groups excluding carboxylic acids is 1. The van der Waals surface area contributed by atoms with Gasteiger partial charge in [0.15, 0.2) is 0 Å². The van der Waals surface area contributed by atoms with Gasteiger partial charge >= 0.3 is 0 Å². The molecule has 0 aliphatic rings. The van der Waals surface area contributed by atoms with E-state index in [0.29, 0.717) is 12.2 Å². The van der Waals surface area contributed by atoms with Crippen LogP contribution >= 0.6 is 15.9 Å². The van der Waals surface area contributed by atoms with E-state index in [4.69, 9.17) is 4.74 Å². The minimum absolute atomic E-state index is 0.00175. The fraction of sp³-hybridized carbons (Fsp3) is 0.267. The maximum Gasteiger partial charge on any atom is 0.251 e. The number of halogens is 1. The third kappa shape index (κ3) is 3.55. The van der Waals surface area contributed by atoms with E-state index in [1.807, 2.05) is 43.3 Å². The van der Waals surface area contributed by atoms with Crippen molar-refractivity contribution < 1.29 is 9.53 Å². The molecule has 0 fully saturated rings. The average molecular weight is 322 g/mol. The molecule has 2 aromatic carbocycles. The number of amides is 1. The topological polar surface area (TPSA) is 38.3 Å². The zero-order valence-corrected chi connectivity index (χ0v) is 12.5. The molecule has 1 unspecified atom stereocenters. The first-order valence-electron chi connectivity index (χ1n) is 6.09. The number of ether oxygens (including phenoxy) is 1. The molecule has 0 saturated carbocycles. The van der Waals surface area contributed by atoms with Crippen molar-refractivity contribution in [3.63, 3.8) is 0 Å². The van der Waals surface area contributed by atoms with Crippen LogP contribution in [0.15, 0.2) is 40.9 Å². The van der Waals surface area contributed by atoms with Crippen molar-refractivity contribution in [3.8, 4) is 0 Å². The lowest BCUT2D eigenvalue weighted by Crippen LogP contribution is -2.35. The van der Waals surface area contributed by atoms with Crippen molar-refractivity contribution in [2.24, 2.45) is 0 Å². The second kappa shape index (κ2) is 6.17.